The second kappa shape index (κ2) is 10.4. The molecule has 2 aliphatic carbocycles. The Kier molecular flexibility index (Phi) is 7.67. The van der Waals surface area contributed by atoms with Gasteiger partial charge < -0.3 is 9.47 Å². The van der Waals surface area contributed by atoms with Gasteiger partial charge in [0, 0.05) is 11.1 Å². The van der Waals surface area contributed by atoms with E-state index in [0.717, 1.165) is 37.7 Å². The second-order valence-corrected chi connectivity index (χ2v) is 8.76. The van der Waals surface area contributed by atoms with Crippen LogP contribution >= 0.6 is 0 Å². The van der Waals surface area contributed by atoms with Crippen LogP contribution in [-0.2, 0) is 25.7 Å². The summed E-state index contributed by atoms with van der Waals surface area (Å²) in [5.74, 6) is 0.428. The van der Waals surface area contributed by atoms with E-state index in [2.05, 4.69) is 37.4 Å². The topological polar surface area (TPSA) is 52.6 Å². The van der Waals surface area contributed by atoms with Gasteiger partial charge in [0.15, 0.2) is 0 Å². The first-order valence-electron chi connectivity index (χ1n) is 11.0. The zero-order chi connectivity index (χ0) is 22.4. The van der Waals surface area contributed by atoms with Gasteiger partial charge in [-0.15, -0.1) is 0 Å². The molecule has 0 heterocycles. The number of hydrogen-bond acceptors (Lipinski definition) is 4. The Morgan fingerprint density at radius 1 is 0.903 bits per heavy atom. The van der Waals surface area contributed by atoms with Gasteiger partial charge in [-0.25, -0.2) is 9.59 Å². The van der Waals surface area contributed by atoms with Crippen LogP contribution in [0.15, 0.2) is 66.3 Å². The van der Waals surface area contributed by atoms with Crippen molar-refractivity contribution in [2.24, 2.45) is 11.8 Å². The number of benzene rings is 1. The van der Waals surface area contributed by atoms with Crippen molar-refractivity contribution >= 4 is 17.5 Å². The molecule has 4 heteroatoms. The van der Waals surface area contributed by atoms with Gasteiger partial charge in [-0.05, 0) is 74.5 Å². The minimum atomic E-state index is -0.361. The first kappa shape index (κ1) is 22.8. The van der Waals surface area contributed by atoms with Crippen LogP contribution in [0.1, 0.15) is 57.1 Å². The Hall–Kier alpha value is -2.88. The van der Waals surface area contributed by atoms with Crippen LogP contribution in [0.5, 0.6) is 0 Å². The zero-order valence-corrected chi connectivity index (χ0v) is 18.6. The number of ether oxygens (including phenoxy) is 2. The minimum Gasteiger partial charge on any atom is -0.462 e. The van der Waals surface area contributed by atoms with Gasteiger partial charge in [0.1, 0.15) is 6.61 Å². The lowest BCUT2D eigenvalue weighted by Crippen LogP contribution is -2.21. The Labute approximate surface area is 185 Å². The fourth-order valence-electron chi connectivity index (χ4n) is 4.13. The van der Waals surface area contributed by atoms with Gasteiger partial charge in [-0.1, -0.05) is 55.1 Å². The SMILES string of the molecule is C=C(C)C(=O)OCc1ccc(C2=CC=C(C3CCC(COC(=O)C(=C)C)CC3)C2)cc1. The zero-order valence-electron chi connectivity index (χ0n) is 18.6. The minimum absolute atomic E-state index is 0.263. The molecule has 0 atom stereocenters. The maximum absolute atomic E-state index is 11.6. The molecule has 0 spiro atoms. The molecule has 0 aromatic heterocycles. The highest BCUT2D eigenvalue weighted by atomic mass is 16.5. The van der Waals surface area contributed by atoms with E-state index in [0.29, 0.717) is 29.6 Å². The summed E-state index contributed by atoms with van der Waals surface area (Å²) < 4.78 is 10.5. The largest absolute Gasteiger partial charge is 0.462 e. The molecule has 0 unspecified atom stereocenters. The second-order valence-electron chi connectivity index (χ2n) is 8.76. The molecule has 3 rings (SSSR count). The standard InChI is InChI=1S/C27H32O4/c1-18(2)26(28)30-16-20-5-9-22(10-6-20)24-13-14-25(15-24)23-11-7-21(8-12-23)17-31-27(29)19(3)4/h5-6,9-10,13-14,21,23H,1,3,7-8,11-12,15-17H2,2,4H3. The number of allylic oxidation sites excluding steroid dienone is 4. The molecular formula is C27H32O4. The predicted octanol–water partition coefficient (Wildman–Crippen LogP) is 5.95. The Bertz CT molecular complexity index is 909. The molecule has 0 amide bonds. The highest BCUT2D eigenvalue weighted by Gasteiger charge is 2.26. The molecule has 0 saturated heterocycles. The van der Waals surface area contributed by atoms with Gasteiger partial charge in [-0.2, -0.15) is 0 Å². The molecule has 2 aliphatic rings. The Balaban J connectivity index is 1.44. The average molecular weight is 421 g/mol. The third-order valence-corrected chi connectivity index (χ3v) is 6.11. The van der Waals surface area contributed by atoms with Gasteiger partial charge in [0.05, 0.1) is 6.61 Å². The lowest BCUT2D eigenvalue weighted by molar-refractivity contribution is -0.141. The van der Waals surface area contributed by atoms with Crippen LogP contribution in [0.4, 0.5) is 0 Å². The third-order valence-electron chi connectivity index (χ3n) is 6.11. The summed E-state index contributed by atoms with van der Waals surface area (Å²) in [5, 5.41) is 0. The van der Waals surface area contributed by atoms with Crippen LogP contribution in [0.2, 0.25) is 0 Å². The summed E-state index contributed by atoms with van der Waals surface area (Å²) in [6.07, 6.45) is 9.99. The highest BCUT2D eigenvalue weighted by Crippen LogP contribution is 2.40. The summed E-state index contributed by atoms with van der Waals surface area (Å²) >= 11 is 0. The van der Waals surface area contributed by atoms with Gasteiger partial charge >= 0.3 is 11.9 Å². The van der Waals surface area contributed by atoms with Crippen molar-refractivity contribution in [2.75, 3.05) is 6.61 Å². The summed E-state index contributed by atoms with van der Waals surface area (Å²) in [7, 11) is 0. The molecule has 1 saturated carbocycles. The van der Waals surface area contributed by atoms with Crippen LogP contribution in [0, 0.1) is 11.8 Å². The van der Waals surface area contributed by atoms with Crippen molar-refractivity contribution in [1.29, 1.82) is 0 Å². The fourth-order valence-corrected chi connectivity index (χ4v) is 4.13. The van der Waals surface area contributed by atoms with E-state index in [1.807, 2.05) is 12.1 Å². The van der Waals surface area contributed by atoms with Crippen molar-refractivity contribution in [3.8, 4) is 0 Å². The highest BCUT2D eigenvalue weighted by molar-refractivity contribution is 5.87. The van der Waals surface area contributed by atoms with Crippen molar-refractivity contribution in [3.05, 3.63) is 77.4 Å². The summed E-state index contributed by atoms with van der Waals surface area (Å²) in [6, 6.07) is 8.22. The molecule has 0 bridgehead atoms. The summed E-state index contributed by atoms with van der Waals surface area (Å²) in [5.41, 5.74) is 5.89. The molecular weight excluding hydrogens is 388 g/mol. The third kappa shape index (κ3) is 6.30. The number of hydrogen-bond donors (Lipinski definition) is 0. The van der Waals surface area contributed by atoms with Crippen molar-refractivity contribution in [1.82, 2.24) is 0 Å². The maximum Gasteiger partial charge on any atom is 0.333 e. The van der Waals surface area contributed by atoms with E-state index in [4.69, 9.17) is 9.47 Å². The van der Waals surface area contributed by atoms with Gasteiger partial charge in [-0.3, -0.25) is 0 Å². The predicted molar refractivity (Wildman–Crippen MR) is 123 cm³/mol. The number of esters is 2. The molecule has 0 N–H and O–H groups in total. The van der Waals surface area contributed by atoms with E-state index in [1.54, 1.807) is 13.8 Å². The molecule has 0 radical (unpaired) electrons. The van der Waals surface area contributed by atoms with E-state index in [9.17, 15) is 9.59 Å². The summed E-state index contributed by atoms with van der Waals surface area (Å²) in [4.78, 5) is 23.1. The van der Waals surface area contributed by atoms with Crippen LogP contribution in [-0.4, -0.2) is 18.5 Å². The van der Waals surface area contributed by atoms with Crippen molar-refractivity contribution in [3.63, 3.8) is 0 Å². The van der Waals surface area contributed by atoms with Crippen LogP contribution in [0.25, 0.3) is 5.57 Å². The Morgan fingerprint density at radius 3 is 2.13 bits per heavy atom. The van der Waals surface area contributed by atoms with E-state index in [-0.39, 0.29) is 18.5 Å². The number of carbonyl (C=O) groups excluding carboxylic acids is 2. The normalized spacial score (nSPS) is 20.5. The van der Waals surface area contributed by atoms with Crippen LogP contribution in [0.3, 0.4) is 0 Å². The average Bonchev–Trinajstić information content (AvgIpc) is 3.26. The molecule has 1 aromatic rings. The Morgan fingerprint density at radius 2 is 1.52 bits per heavy atom. The molecule has 31 heavy (non-hydrogen) atoms. The van der Waals surface area contributed by atoms with Crippen molar-refractivity contribution < 1.29 is 19.1 Å². The smallest absolute Gasteiger partial charge is 0.333 e. The van der Waals surface area contributed by atoms with Gasteiger partial charge in [0.25, 0.3) is 0 Å². The van der Waals surface area contributed by atoms with Crippen molar-refractivity contribution in [2.45, 2.75) is 52.6 Å². The first-order chi connectivity index (χ1) is 14.8. The quantitative estimate of drug-likeness (QED) is 0.385. The van der Waals surface area contributed by atoms with Gasteiger partial charge in [0.2, 0.25) is 0 Å². The molecule has 4 nitrogen and oxygen atoms in total. The molecule has 164 valence electrons. The first-order valence-corrected chi connectivity index (χ1v) is 11.0. The lowest BCUT2D eigenvalue weighted by Gasteiger charge is -2.29. The van der Waals surface area contributed by atoms with E-state index < -0.39 is 0 Å². The number of rotatable bonds is 8. The number of carbonyl (C=O) groups is 2. The fraction of sp³-hybridized carbons (Fsp3) is 0.407. The van der Waals surface area contributed by atoms with Crippen LogP contribution < -0.4 is 0 Å². The van der Waals surface area contributed by atoms with E-state index >= 15 is 0 Å². The lowest BCUT2D eigenvalue weighted by atomic mass is 9.78. The molecule has 1 fully saturated rings. The molecule has 1 aromatic carbocycles. The maximum atomic E-state index is 11.6. The monoisotopic (exact) mass is 420 g/mol. The molecule has 0 aliphatic heterocycles. The summed E-state index contributed by atoms with van der Waals surface area (Å²) in [6.45, 7) is 11.3. The van der Waals surface area contributed by atoms with E-state index in [1.165, 1.54) is 16.7 Å².